The second-order valence-electron chi connectivity index (χ2n) is 5.73. The van der Waals surface area contributed by atoms with Gasteiger partial charge in [0.25, 0.3) is 0 Å². The first-order chi connectivity index (χ1) is 10.8. The van der Waals surface area contributed by atoms with E-state index in [9.17, 15) is 4.79 Å². The van der Waals surface area contributed by atoms with Crippen molar-refractivity contribution in [2.45, 2.75) is 37.6 Å². The van der Waals surface area contributed by atoms with E-state index in [4.69, 9.17) is 0 Å². The SMILES string of the molecule is Cc1cc(C)nc(SC(C)C(=O)N(C)CCc2cnn(C)c2)n1. The fourth-order valence-corrected chi connectivity index (χ4v) is 3.26. The van der Waals surface area contributed by atoms with Crippen LogP contribution in [0.4, 0.5) is 0 Å². The zero-order chi connectivity index (χ0) is 17.0. The Morgan fingerprint density at radius 3 is 2.57 bits per heavy atom. The average molecular weight is 333 g/mol. The maximum Gasteiger partial charge on any atom is 0.235 e. The molecule has 0 aliphatic carbocycles. The van der Waals surface area contributed by atoms with Crippen LogP contribution in [-0.2, 0) is 18.3 Å². The number of likely N-dealkylation sites (N-methyl/N-ethyl adjacent to an activating group) is 1. The Hall–Kier alpha value is -1.89. The van der Waals surface area contributed by atoms with Crippen LogP contribution in [0.3, 0.4) is 0 Å². The molecule has 7 heteroatoms. The molecule has 0 saturated carbocycles. The monoisotopic (exact) mass is 333 g/mol. The number of carbonyl (C=O) groups is 1. The summed E-state index contributed by atoms with van der Waals surface area (Å²) in [6, 6.07) is 1.93. The number of nitrogens with zero attached hydrogens (tertiary/aromatic N) is 5. The lowest BCUT2D eigenvalue weighted by molar-refractivity contribution is -0.129. The van der Waals surface area contributed by atoms with Crippen LogP contribution in [0.1, 0.15) is 23.9 Å². The molecule has 2 aromatic heterocycles. The fourth-order valence-electron chi connectivity index (χ4n) is 2.27. The lowest BCUT2D eigenvalue weighted by atomic mass is 10.2. The molecule has 2 aromatic rings. The van der Waals surface area contributed by atoms with Crippen LogP contribution in [0.15, 0.2) is 23.6 Å². The molecule has 1 unspecified atom stereocenters. The van der Waals surface area contributed by atoms with E-state index in [0.29, 0.717) is 11.7 Å². The molecule has 1 amide bonds. The Kier molecular flexibility index (Phi) is 5.76. The van der Waals surface area contributed by atoms with E-state index in [1.807, 2.05) is 53.3 Å². The number of thioether (sulfide) groups is 1. The second-order valence-corrected chi connectivity index (χ2v) is 7.03. The number of aromatic nitrogens is 4. The van der Waals surface area contributed by atoms with Crippen molar-refractivity contribution >= 4 is 17.7 Å². The maximum atomic E-state index is 12.5. The Morgan fingerprint density at radius 2 is 2.00 bits per heavy atom. The van der Waals surface area contributed by atoms with Gasteiger partial charge in [-0.3, -0.25) is 9.48 Å². The predicted octanol–water partition coefficient (Wildman–Crippen LogP) is 2.01. The molecule has 2 rings (SSSR count). The summed E-state index contributed by atoms with van der Waals surface area (Å²) < 4.78 is 1.77. The highest BCUT2D eigenvalue weighted by atomic mass is 32.2. The molecule has 0 aromatic carbocycles. The van der Waals surface area contributed by atoms with Gasteiger partial charge in [0.15, 0.2) is 5.16 Å². The summed E-state index contributed by atoms with van der Waals surface area (Å²) in [5.74, 6) is 0.0849. The van der Waals surface area contributed by atoms with Crippen molar-refractivity contribution in [1.82, 2.24) is 24.6 Å². The Morgan fingerprint density at radius 1 is 1.35 bits per heavy atom. The van der Waals surface area contributed by atoms with Crippen molar-refractivity contribution in [3.63, 3.8) is 0 Å². The quantitative estimate of drug-likeness (QED) is 0.598. The van der Waals surface area contributed by atoms with Gasteiger partial charge in [0.1, 0.15) is 0 Å². The van der Waals surface area contributed by atoms with Crippen molar-refractivity contribution in [2.75, 3.05) is 13.6 Å². The van der Waals surface area contributed by atoms with Crippen LogP contribution >= 0.6 is 11.8 Å². The van der Waals surface area contributed by atoms with E-state index in [-0.39, 0.29) is 11.2 Å². The van der Waals surface area contributed by atoms with Gasteiger partial charge in [-0.15, -0.1) is 0 Å². The zero-order valence-electron chi connectivity index (χ0n) is 14.3. The number of aryl methyl sites for hydroxylation is 3. The van der Waals surface area contributed by atoms with Crippen molar-refractivity contribution in [1.29, 1.82) is 0 Å². The van der Waals surface area contributed by atoms with Gasteiger partial charge in [0.2, 0.25) is 5.91 Å². The third kappa shape index (κ3) is 5.06. The molecule has 124 valence electrons. The van der Waals surface area contributed by atoms with Crippen molar-refractivity contribution in [2.24, 2.45) is 7.05 Å². The van der Waals surface area contributed by atoms with Crippen molar-refractivity contribution in [3.8, 4) is 0 Å². The molecule has 0 radical (unpaired) electrons. The molecule has 6 nitrogen and oxygen atoms in total. The third-order valence-corrected chi connectivity index (χ3v) is 4.41. The minimum Gasteiger partial charge on any atom is -0.344 e. The summed E-state index contributed by atoms with van der Waals surface area (Å²) in [7, 11) is 3.72. The minimum atomic E-state index is -0.213. The van der Waals surface area contributed by atoms with Crippen molar-refractivity contribution in [3.05, 3.63) is 35.4 Å². The van der Waals surface area contributed by atoms with Gasteiger partial charge in [-0.2, -0.15) is 5.10 Å². The largest absolute Gasteiger partial charge is 0.344 e. The zero-order valence-corrected chi connectivity index (χ0v) is 15.1. The van der Waals surface area contributed by atoms with Gasteiger partial charge < -0.3 is 4.90 Å². The molecule has 0 bridgehead atoms. The molecular formula is C16H23N5OS. The first kappa shape index (κ1) is 17.5. The molecule has 0 N–H and O–H groups in total. The lowest BCUT2D eigenvalue weighted by Gasteiger charge is -2.20. The first-order valence-electron chi connectivity index (χ1n) is 7.56. The Balaban J connectivity index is 1.90. The molecule has 0 aliphatic heterocycles. The van der Waals surface area contributed by atoms with Crippen LogP contribution in [0, 0.1) is 13.8 Å². The van der Waals surface area contributed by atoms with Crippen LogP contribution in [0.2, 0.25) is 0 Å². The molecule has 0 aliphatic rings. The number of carbonyl (C=O) groups excluding carboxylic acids is 1. The van der Waals surface area contributed by atoms with Crippen molar-refractivity contribution < 1.29 is 4.79 Å². The summed E-state index contributed by atoms with van der Waals surface area (Å²) in [6.45, 7) is 6.44. The van der Waals surface area contributed by atoms with Crippen LogP contribution in [0.5, 0.6) is 0 Å². The molecule has 23 heavy (non-hydrogen) atoms. The van der Waals surface area contributed by atoms with Gasteiger partial charge in [0.05, 0.1) is 11.4 Å². The van der Waals surface area contributed by atoms with Crippen LogP contribution in [0.25, 0.3) is 0 Å². The van der Waals surface area contributed by atoms with E-state index < -0.39 is 0 Å². The fraction of sp³-hybridized carbons (Fsp3) is 0.500. The summed E-state index contributed by atoms with van der Waals surface area (Å²) in [4.78, 5) is 23.0. The van der Waals surface area contributed by atoms with Gasteiger partial charge in [-0.1, -0.05) is 11.8 Å². The first-order valence-corrected chi connectivity index (χ1v) is 8.44. The standard InChI is InChI=1S/C16H23N5OS/c1-11-8-12(2)19-16(18-11)23-13(3)15(22)20(4)7-6-14-9-17-21(5)10-14/h8-10,13H,6-7H2,1-5H3. The van der Waals surface area contributed by atoms with Crippen LogP contribution < -0.4 is 0 Å². The minimum absolute atomic E-state index is 0.0849. The van der Waals surface area contributed by atoms with Gasteiger partial charge in [-0.25, -0.2) is 9.97 Å². The number of amides is 1. The predicted molar refractivity (Wildman–Crippen MR) is 91.4 cm³/mol. The summed E-state index contributed by atoms with van der Waals surface area (Å²) in [5.41, 5.74) is 2.97. The lowest BCUT2D eigenvalue weighted by Crippen LogP contribution is -2.34. The van der Waals surface area contributed by atoms with E-state index >= 15 is 0 Å². The molecule has 1 atom stereocenters. The molecular weight excluding hydrogens is 310 g/mol. The molecule has 2 heterocycles. The molecule has 0 fully saturated rings. The topological polar surface area (TPSA) is 63.9 Å². The van der Waals surface area contributed by atoms with E-state index in [2.05, 4.69) is 15.1 Å². The normalized spacial score (nSPS) is 12.2. The summed E-state index contributed by atoms with van der Waals surface area (Å²) in [5, 5.41) is 4.58. The maximum absolute atomic E-state index is 12.5. The smallest absolute Gasteiger partial charge is 0.235 e. The van der Waals surface area contributed by atoms with E-state index in [0.717, 1.165) is 23.4 Å². The van der Waals surface area contributed by atoms with E-state index in [1.165, 1.54) is 11.8 Å². The third-order valence-electron chi connectivity index (χ3n) is 3.46. The van der Waals surface area contributed by atoms with Gasteiger partial charge >= 0.3 is 0 Å². The highest BCUT2D eigenvalue weighted by Gasteiger charge is 2.20. The van der Waals surface area contributed by atoms with Gasteiger partial charge in [-0.05, 0) is 38.8 Å². The van der Waals surface area contributed by atoms with Crippen LogP contribution in [-0.4, -0.2) is 49.4 Å². The van der Waals surface area contributed by atoms with Gasteiger partial charge in [0, 0.05) is 38.2 Å². The second kappa shape index (κ2) is 7.59. The van der Waals surface area contributed by atoms with E-state index in [1.54, 1.807) is 9.58 Å². The number of hydrogen-bond acceptors (Lipinski definition) is 5. The number of hydrogen-bond donors (Lipinski definition) is 0. The highest BCUT2D eigenvalue weighted by Crippen LogP contribution is 2.21. The summed E-state index contributed by atoms with van der Waals surface area (Å²) >= 11 is 1.40. The Bertz CT molecular complexity index is 665. The number of rotatable bonds is 6. The average Bonchev–Trinajstić information content (AvgIpc) is 2.88. The highest BCUT2D eigenvalue weighted by molar-refractivity contribution is 8.00. The molecule has 0 spiro atoms. The summed E-state index contributed by atoms with van der Waals surface area (Å²) in [6.07, 6.45) is 4.60. The molecule has 0 saturated heterocycles. The Labute approximate surface area is 141 Å².